The Balaban J connectivity index is 2.18. The largest absolute Gasteiger partial charge is 0.504 e. The minimum absolute atomic E-state index is 0.161. The zero-order valence-corrected chi connectivity index (χ0v) is 10.3. The number of nitrogens with two attached hydrogens (primary N) is 1. The summed E-state index contributed by atoms with van der Waals surface area (Å²) in [6, 6.07) is 5.32. The first-order chi connectivity index (χ1) is 8.19. The van der Waals surface area contributed by atoms with Crippen molar-refractivity contribution in [1.82, 2.24) is 4.98 Å². The second-order valence-electron chi connectivity index (χ2n) is 3.59. The average molecular weight is 250 g/mol. The third kappa shape index (κ3) is 2.88. The van der Waals surface area contributed by atoms with Crippen molar-refractivity contribution in [1.29, 1.82) is 0 Å². The molecule has 17 heavy (non-hydrogen) atoms. The van der Waals surface area contributed by atoms with Gasteiger partial charge in [-0.3, -0.25) is 0 Å². The highest BCUT2D eigenvalue weighted by Gasteiger charge is 2.06. The van der Waals surface area contributed by atoms with E-state index in [0.717, 1.165) is 11.3 Å². The summed E-state index contributed by atoms with van der Waals surface area (Å²) in [6.45, 7) is 2.41. The highest BCUT2D eigenvalue weighted by atomic mass is 32.1. The van der Waals surface area contributed by atoms with Gasteiger partial charge in [-0.25, -0.2) is 4.98 Å². The van der Waals surface area contributed by atoms with Gasteiger partial charge in [0.1, 0.15) is 0 Å². The molecule has 2 rings (SSSR count). The number of anilines is 1. The Labute approximate surface area is 104 Å². The van der Waals surface area contributed by atoms with Crippen molar-refractivity contribution < 1.29 is 9.84 Å². The maximum atomic E-state index is 9.58. The van der Waals surface area contributed by atoms with Crippen LogP contribution >= 0.6 is 11.3 Å². The first kappa shape index (κ1) is 11.7. The second-order valence-corrected chi connectivity index (χ2v) is 4.48. The molecule has 0 saturated carbocycles. The van der Waals surface area contributed by atoms with Crippen molar-refractivity contribution in [3.05, 3.63) is 34.8 Å². The Morgan fingerprint density at radius 3 is 2.94 bits per heavy atom. The van der Waals surface area contributed by atoms with Crippen molar-refractivity contribution in [2.45, 2.75) is 13.3 Å². The molecule has 1 aromatic carbocycles. The number of hydrogen-bond acceptors (Lipinski definition) is 5. The van der Waals surface area contributed by atoms with Crippen molar-refractivity contribution in [2.24, 2.45) is 0 Å². The van der Waals surface area contributed by atoms with Gasteiger partial charge < -0.3 is 15.6 Å². The molecule has 0 atom stereocenters. The number of benzene rings is 1. The van der Waals surface area contributed by atoms with E-state index in [0.29, 0.717) is 23.9 Å². The standard InChI is InChI=1S/C12H14N2O2S/c1-2-16-11-6-8(3-4-10(11)15)5-9-7-17-12(13)14-9/h3-4,6-7,15H,2,5H2,1H3,(H2,13,14). The zero-order valence-electron chi connectivity index (χ0n) is 9.51. The molecule has 0 saturated heterocycles. The summed E-state index contributed by atoms with van der Waals surface area (Å²) in [6.07, 6.45) is 0.689. The topological polar surface area (TPSA) is 68.4 Å². The van der Waals surface area contributed by atoms with Gasteiger partial charge in [-0.1, -0.05) is 6.07 Å². The highest BCUT2D eigenvalue weighted by Crippen LogP contribution is 2.28. The van der Waals surface area contributed by atoms with Crippen LogP contribution in [0, 0.1) is 0 Å². The summed E-state index contributed by atoms with van der Waals surface area (Å²) in [5, 5.41) is 12.1. The monoisotopic (exact) mass is 250 g/mol. The summed E-state index contributed by atoms with van der Waals surface area (Å²) in [5.74, 6) is 0.668. The summed E-state index contributed by atoms with van der Waals surface area (Å²) >= 11 is 1.43. The van der Waals surface area contributed by atoms with Crippen molar-refractivity contribution in [3.63, 3.8) is 0 Å². The maximum absolute atomic E-state index is 9.58. The van der Waals surface area contributed by atoms with Crippen LogP contribution in [0.1, 0.15) is 18.2 Å². The predicted octanol–water partition coefficient (Wildman–Crippen LogP) is 2.42. The molecule has 1 aromatic heterocycles. The fourth-order valence-corrected chi connectivity index (χ4v) is 2.12. The van der Waals surface area contributed by atoms with Gasteiger partial charge in [-0.15, -0.1) is 11.3 Å². The number of hydrogen-bond donors (Lipinski definition) is 2. The smallest absolute Gasteiger partial charge is 0.180 e. The van der Waals surface area contributed by atoms with Gasteiger partial charge in [0, 0.05) is 11.8 Å². The minimum Gasteiger partial charge on any atom is -0.504 e. The van der Waals surface area contributed by atoms with E-state index in [1.807, 2.05) is 24.4 Å². The van der Waals surface area contributed by atoms with Gasteiger partial charge in [-0.05, 0) is 24.6 Å². The number of aromatic nitrogens is 1. The van der Waals surface area contributed by atoms with E-state index in [-0.39, 0.29) is 5.75 Å². The SMILES string of the molecule is CCOc1cc(Cc2csc(N)n2)ccc1O. The van der Waals surface area contributed by atoms with E-state index in [1.165, 1.54) is 11.3 Å². The molecule has 0 fully saturated rings. The summed E-state index contributed by atoms with van der Waals surface area (Å²) in [7, 11) is 0. The van der Waals surface area contributed by atoms with E-state index in [2.05, 4.69) is 4.98 Å². The predicted molar refractivity (Wildman–Crippen MR) is 68.6 cm³/mol. The lowest BCUT2D eigenvalue weighted by atomic mass is 10.1. The molecule has 5 heteroatoms. The Bertz CT molecular complexity index is 511. The summed E-state index contributed by atoms with van der Waals surface area (Å²) < 4.78 is 5.33. The molecule has 1 heterocycles. The lowest BCUT2D eigenvalue weighted by molar-refractivity contribution is 0.318. The van der Waals surface area contributed by atoms with E-state index in [1.54, 1.807) is 6.07 Å². The average Bonchev–Trinajstić information content (AvgIpc) is 2.69. The molecule has 4 nitrogen and oxygen atoms in total. The van der Waals surface area contributed by atoms with Gasteiger partial charge >= 0.3 is 0 Å². The molecule has 0 radical (unpaired) electrons. The van der Waals surface area contributed by atoms with Crippen LogP contribution in [0.3, 0.4) is 0 Å². The summed E-state index contributed by atoms with van der Waals surface area (Å²) in [5.41, 5.74) is 7.55. The molecule has 0 amide bonds. The van der Waals surface area contributed by atoms with Crippen molar-refractivity contribution in [3.8, 4) is 11.5 Å². The van der Waals surface area contributed by atoms with Gasteiger partial charge in [0.25, 0.3) is 0 Å². The first-order valence-electron chi connectivity index (χ1n) is 5.33. The Morgan fingerprint density at radius 1 is 1.47 bits per heavy atom. The maximum Gasteiger partial charge on any atom is 0.180 e. The minimum atomic E-state index is 0.161. The van der Waals surface area contributed by atoms with Crippen LogP contribution in [0.5, 0.6) is 11.5 Å². The van der Waals surface area contributed by atoms with Crippen LogP contribution < -0.4 is 10.5 Å². The fraction of sp³-hybridized carbons (Fsp3) is 0.250. The van der Waals surface area contributed by atoms with E-state index in [4.69, 9.17) is 10.5 Å². The Hall–Kier alpha value is -1.75. The van der Waals surface area contributed by atoms with Crippen molar-refractivity contribution >= 4 is 16.5 Å². The number of phenolic OH excluding ortho intramolecular Hbond substituents is 1. The number of rotatable bonds is 4. The number of nitrogens with zero attached hydrogens (tertiary/aromatic N) is 1. The second kappa shape index (κ2) is 5.05. The first-order valence-corrected chi connectivity index (χ1v) is 6.21. The Morgan fingerprint density at radius 2 is 2.29 bits per heavy atom. The molecule has 0 aliphatic rings. The van der Waals surface area contributed by atoms with Crippen LogP contribution in [-0.2, 0) is 6.42 Å². The van der Waals surface area contributed by atoms with Gasteiger partial charge in [0.2, 0.25) is 0 Å². The van der Waals surface area contributed by atoms with Gasteiger partial charge in [0.15, 0.2) is 16.6 Å². The van der Waals surface area contributed by atoms with Crippen LogP contribution in [0.25, 0.3) is 0 Å². The van der Waals surface area contributed by atoms with Gasteiger partial charge in [-0.2, -0.15) is 0 Å². The molecule has 2 aromatic rings. The van der Waals surface area contributed by atoms with E-state index >= 15 is 0 Å². The third-order valence-electron chi connectivity index (χ3n) is 2.28. The molecule has 0 bridgehead atoms. The molecule has 0 unspecified atom stereocenters. The van der Waals surface area contributed by atoms with E-state index in [9.17, 15) is 5.11 Å². The number of thiazole rings is 1. The molecule has 90 valence electrons. The molecule has 0 spiro atoms. The quantitative estimate of drug-likeness (QED) is 0.874. The highest BCUT2D eigenvalue weighted by molar-refractivity contribution is 7.13. The number of ether oxygens (including phenoxy) is 1. The fourth-order valence-electron chi connectivity index (χ4n) is 1.55. The van der Waals surface area contributed by atoms with Crippen LogP contribution in [0.2, 0.25) is 0 Å². The molecule has 0 aliphatic heterocycles. The number of aromatic hydroxyl groups is 1. The molecular weight excluding hydrogens is 236 g/mol. The van der Waals surface area contributed by atoms with E-state index < -0.39 is 0 Å². The zero-order chi connectivity index (χ0) is 12.3. The summed E-state index contributed by atoms with van der Waals surface area (Å²) in [4.78, 5) is 4.20. The molecule has 3 N–H and O–H groups in total. The van der Waals surface area contributed by atoms with Crippen LogP contribution in [-0.4, -0.2) is 16.7 Å². The molecular formula is C12H14N2O2S. The van der Waals surface area contributed by atoms with Gasteiger partial charge in [0.05, 0.1) is 12.3 Å². The molecule has 0 aliphatic carbocycles. The lowest BCUT2D eigenvalue weighted by Crippen LogP contribution is -1.95. The van der Waals surface area contributed by atoms with Crippen molar-refractivity contribution in [2.75, 3.05) is 12.3 Å². The Kier molecular flexibility index (Phi) is 3.49. The number of phenols is 1. The third-order valence-corrected chi connectivity index (χ3v) is 3.00. The lowest BCUT2D eigenvalue weighted by Gasteiger charge is -2.07. The normalized spacial score (nSPS) is 10.4. The van der Waals surface area contributed by atoms with Crippen LogP contribution in [0.15, 0.2) is 23.6 Å². The number of nitrogen functional groups attached to an aromatic ring is 1. The van der Waals surface area contributed by atoms with Crippen LogP contribution in [0.4, 0.5) is 5.13 Å².